The minimum absolute atomic E-state index is 0.180. The van der Waals surface area contributed by atoms with Crippen molar-refractivity contribution in [2.75, 3.05) is 0 Å². The van der Waals surface area contributed by atoms with Gasteiger partial charge in [-0.05, 0) is 55.0 Å². The van der Waals surface area contributed by atoms with E-state index in [2.05, 4.69) is 26.3 Å². The maximum absolute atomic E-state index is 15.7. The van der Waals surface area contributed by atoms with Crippen molar-refractivity contribution in [2.45, 2.75) is 12.8 Å². The lowest BCUT2D eigenvalue weighted by Crippen LogP contribution is -2.21. The van der Waals surface area contributed by atoms with Crippen LogP contribution in [-0.2, 0) is 5.92 Å². The van der Waals surface area contributed by atoms with Crippen LogP contribution in [0, 0.1) is 18.3 Å². The summed E-state index contributed by atoms with van der Waals surface area (Å²) in [7, 11) is 0. The molecular weight excluding hydrogens is 398 g/mol. The van der Waals surface area contributed by atoms with Crippen LogP contribution < -0.4 is 0 Å². The van der Waals surface area contributed by atoms with E-state index in [1.54, 1.807) is 67.7 Å². The third-order valence-corrected chi connectivity index (χ3v) is 5.12. The van der Waals surface area contributed by atoms with E-state index >= 15 is 8.78 Å². The molecule has 0 fully saturated rings. The zero-order chi connectivity index (χ0) is 21.6. The Hall–Kier alpha value is -4.25. The number of pyridine rings is 1. The Morgan fingerprint density at radius 3 is 2.71 bits per heavy atom. The van der Waals surface area contributed by atoms with Gasteiger partial charge in [0.15, 0.2) is 5.65 Å². The molecule has 0 atom stereocenters. The van der Waals surface area contributed by atoms with Crippen LogP contribution in [0.3, 0.4) is 0 Å². The molecule has 0 saturated carbocycles. The van der Waals surface area contributed by atoms with Crippen LogP contribution in [-0.4, -0.2) is 24.8 Å². The molecule has 3 aromatic heterocycles. The van der Waals surface area contributed by atoms with Gasteiger partial charge >= 0.3 is 5.92 Å². The first-order valence-corrected chi connectivity index (χ1v) is 9.44. The maximum Gasteiger partial charge on any atom is 0.334 e. The fraction of sp³-hybridized carbons (Fsp3) is 0.0870. The van der Waals surface area contributed by atoms with Gasteiger partial charge in [-0.2, -0.15) is 23.7 Å². The second-order valence-corrected chi connectivity index (χ2v) is 7.14. The van der Waals surface area contributed by atoms with Gasteiger partial charge in [0.2, 0.25) is 5.82 Å². The monoisotopic (exact) mass is 412 g/mol. The molecule has 0 unspecified atom stereocenters. The topological polar surface area (TPSA) is 79.8 Å². The largest absolute Gasteiger partial charge is 0.334 e. The standard InChI is InChI=1S/C23H14F2N6/c1-14-10-20-17(6-3-9-27-20)12-18(14)23(24,25)22-29-28-21-8-7-19(30-31(21)22)16-5-2-4-15(11-16)13-26/h2-12H,1H3. The van der Waals surface area contributed by atoms with E-state index in [-0.39, 0.29) is 11.2 Å². The minimum atomic E-state index is -3.44. The summed E-state index contributed by atoms with van der Waals surface area (Å²) in [5.41, 5.74) is 2.58. The highest BCUT2D eigenvalue weighted by molar-refractivity contribution is 5.80. The molecule has 31 heavy (non-hydrogen) atoms. The molecule has 0 aliphatic rings. The molecule has 0 spiro atoms. The number of nitriles is 1. The lowest BCUT2D eigenvalue weighted by molar-refractivity contribution is 0.0301. The number of benzene rings is 2. The summed E-state index contributed by atoms with van der Waals surface area (Å²) in [6, 6.07) is 18.6. The van der Waals surface area contributed by atoms with Crippen molar-refractivity contribution >= 4 is 16.6 Å². The molecule has 0 aliphatic carbocycles. The van der Waals surface area contributed by atoms with Crippen LogP contribution in [0.1, 0.15) is 22.5 Å². The van der Waals surface area contributed by atoms with Crippen LogP contribution in [0.15, 0.2) is 66.9 Å². The lowest BCUT2D eigenvalue weighted by Gasteiger charge is -2.18. The fourth-order valence-electron chi connectivity index (χ4n) is 3.57. The van der Waals surface area contributed by atoms with Gasteiger partial charge < -0.3 is 0 Å². The predicted octanol–water partition coefficient (Wildman–Crippen LogP) is 4.66. The number of aromatic nitrogens is 5. The number of nitrogens with zero attached hydrogens (tertiary/aromatic N) is 6. The van der Waals surface area contributed by atoms with Crippen molar-refractivity contribution < 1.29 is 8.78 Å². The van der Waals surface area contributed by atoms with Gasteiger partial charge in [-0.1, -0.05) is 18.2 Å². The molecule has 5 rings (SSSR count). The number of alkyl halides is 2. The predicted molar refractivity (Wildman–Crippen MR) is 110 cm³/mol. The molecule has 0 radical (unpaired) electrons. The molecule has 5 aromatic rings. The van der Waals surface area contributed by atoms with E-state index in [0.717, 1.165) is 4.52 Å². The molecule has 8 heteroatoms. The number of aryl methyl sites for hydroxylation is 1. The van der Waals surface area contributed by atoms with Crippen LogP contribution in [0.25, 0.3) is 27.8 Å². The second kappa shape index (κ2) is 6.92. The van der Waals surface area contributed by atoms with Crippen molar-refractivity contribution in [3.05, 3.63) is 89.4 Å². The molecular formula is C23H14F2N6. The van der Waals surface area contributed by atoms with Crippen LogP contribution >= 0.6 is 0 Å². The summed E-state index contributed by atoms with van der Waals surface area (Å²) in [5, 5.41) is 21.7. The van der Waals surface area contributed by atoms with E-state index in [4.69, 9.17) is 5.26 Å². The quantitative estimate of drug-likeness (QED) is 0.431. The zero-order valence-electron chi connectivity index (χ0n) is 16.3. The highest BCUT2D eigenvalue weighted by Gasteiger charge is 2.41. The number of hydrogen-bond donors (Lipinski definition) is 0. The Bertz CT molecular complexity index is 1500. The molecule has 0 N–H and O–H groups in total. The van der Waals surface area contributed by atoms with E-state index in [1.807, 2.05) is 0 Å². The normalized spacial score (nSPS) is 11.7. The molecule has 0 amide bonds. The third kappa shape index (κ3) is 3.07. The number of rotatable bonds is 3. The van der Waals surface area contributed by atoms with Crippen molar-refractivity contribution in [1.82, 2.24) is 24.8 Å². The smallest absolute Gasteiger partial charge is 0.256 e. The summed E-state index contributed by atoms with van der Waals surface area (Å²) >= 11 is 0. The van der Waals surface area contributed by atoms with Crippen molar-refractivity contribution in [2.24, 2.45) is 0 Å². The Morgan fingerprint density at radius 1 is 1.00 bits per heavy atom. The van der Waals surface area contributed by atoms with Crippen molar-refractivity contribution in [1.29, 1.82) is 5.26 Å². The van der Waals surface area contributed by atoms with E-state index in [1.165, 1.54) is 6.07 Å². The molecule has 150 valence electrons. The lowest BCUT2D eigenvalue weighted by atomic mass is 9.99. The van der Waals surface area contributed by atoms with Gasteiger partial charge in [-0.3, -0.25) is 4.98 Å². The van der Waals surface area contributed by atoms with Crippen molar-refractivity contribution in [3.8, 4) is 17.3 Å². The van der Waals surface area contributed by atoms with Crippen LogP contribution in [0.5, 0.6) is 0 Å². The summed E-state index contributed by atoms with van der Waals surface area (Å²) in [4.78, 5) is 4.22. The number of fused-ring (bicyclic) bond motifs is 2. The Kier molecular flexibility index (Phi) is 4.19. The first-order chi connectivity index (χ1) is 15.0. The van der Waals surface area contributed by atoms with Gasteiger partial charge in [0.1, 0.15) is 0 Å². The van der Waals surface area contributed by atoms with E-state index in [9.17, 15) is 0 Å². The molecule has 0 saturated heterocycles. The highest BCUT2D eigenvalue weighted by Crippen LogP contribution is 2.38. The third-order valence-electron chi connectivity index (χ3n) is 5.12. The second-order valence-electron chi connectivity index (χ2n) is 7.14. The Balaban J connectivity index is 1.67. The number of halogens is 2. The average molecular weight is 412 g/mol. The van der Waals surface area contributed by atoms with Gasteiger partial charge in [0.25, 0.3) is 0 Å². The van der Waals surface area contributed by atoms with Crippen LogP contribution in [0.4, 0.5) is 8.78 Å². The van der Waals surface area contributed by atoms with Gasteiger partial charge in [0, 0.05) is 22.7 Å². The summed E-state index contributed by atoms with van der Waals surface area (Å²) in [5.74, 6) is -4.01. The molecule has 0 aliphatic heterocycles. The average Bonchev–Trinajstić information content (AvgIpc) is 3.22. The van der Waals surface area contributed by atoms with Gasteiger partial charge in [-0.25, -0.2) is 0 Å². The summed E-state index contributed by atoms with van der Waals surface area (Å²) in [6.45, 7) is 1.62. The van der Waals surface area contributed by atoms with Crippen LogP contribution in [0.2, 0.25) is 0 Å². The van der Waals surface area contributed by atoms with Gasteiger partial charge in [-0.15, -0.1) is 10.2 Å². The SMILES string of the molecule is Cc1cc2ncccc2cc1C(F)(F)c1nnc2ccc(-c3cccc(C#N)c3)nn12. The van der Waals surface area contributed by atoms with Gasteiger partial charge in [0.05, 0.1) is 22.8 Å². The first-order valence-electron chi connectivity index (χ1n) is 9.44. The Labute approximate surface area is 175 Å². The first kappa shape index (κ1) is 18.8. The minimum Gasteiger partial charge on any atom is -0.256 e. The van der Waals surface area contributed by atoms with E-state index in [0.29, 0.717) is 33.3 Å². The summed E-state index contributed by atoms with van der Waals surface area (Å²) < 4.78 is 32.4. The number of hydrogen-bond acceptors (Lipinski definition) is 5. The van der Waals surface area contributed by atoms with Crippen molar-refractivity contribution in [3.63, 3.8) is 0 Å². The zero-order valence-corrected chi connectivity index (χ0v) is 16.3. The highest BCUT2D eigenvalue weighted by atomic mass is 19.3. The molecule has 6 nitrogen and oxygen atoms in total. The maximum atomic E-state index is 15.7. The summed E-state index contributed by atoms with van der Waals surface area (Å²) in [6.07, 6.45) is 1.62. The molecule has 3 heterocycles. The van der Waals surface area contributed by atoms with E-state index < -0.39 is 11.7 Å². The molecule has 2 aromatic carbocycles. The fourth-order valence-corrected chi connectivity index (χ4v) is 3.57. The molecule has 0 bridgehead atoms. The Morgan fingerprint density at radius 2 is 1.87 bits per heavy atom.